The van der Waals surface area contributed by atoms with E-state index in [0.717, 1.165) is 11.5 Å². The lowest BCUT2D eigenvalue weighted by atomic mass is 10.2. The lowest BCUT2D eigenvalue weighted by molar-refractivity contribution is 0.0993. The van der Waals surface area contributed by atoms with Crippen molar-refractivity contribution in [1.29, 1.82) is 0 Å². The molecule has 0 aliphatic heterocycles. The van der Waals surface area contributed by atoms with Gasteiger partial charge in [0.2, 0.25) is 0 Å². The Kier molecular flexibility index (Phi) is 6.16. The summed E-state index contributed by atoms with van der Waals surface area (Å²) in [6, 6.07) is 13.5. The van der Waals surface area contributed by atoms with Gasteiger partial charge >= 0.3 is 0 Å². The average molecular weight is 391 g/mol. The van der Waals surface area contributed by atoms with Gasteiger partial charge in [0.15, 0.2) is 23.1 Å². The van der Waals surface area contributed by atoms with E-state index in [4.69, 9.17) is 9.47 Å². The molecule has 2 aromatic carbocycles. The number of fused-ring (bicyclic) bond motifs is 1. The van der Waals surface area contributed by atoms with Crippen LogP contribution in [-0.2, 0) is 5.75 Å². The van der Waals surface area contributed by atoms with E-state index in [0.29, 0.717) is 27.1 Å². The number of carbonyl (C=O) groups is 1. The molecule has 3 nitrogen and oxygen atoms in total. The van der Waals surface area contributed by atoms with Gasteiger partial charge in [-0.15, -0.1) is 11.3 Å². The van der Waals surface area contributed by atoms with E-state index in [2.05, 4.69) is 12.1 Å². The molecule has 1 heterocycles. The van der Waals surface area contributed by atoms with Gasteiger partial charge < -0.3 is 9.47 Å². The van der Waals surface area contributed by atoms with Gasteiger partial charge in [-0.05, 0) is 11.6 Å². The summed E-state index contributed by atoms with van der Waals surface area (Å²) in [6.07, 6.45) is 0.431. The Balaban J connectivity index is 1.67. The molecule has 0 aliphatic carbocycles. The molecule has 0 saturated heterocycles. The molecular weight excluding hydrogens is 371 g/mol. The second-order valence-corrected chi connectivity index (χ2v) is 7.85. The van der Waals surface area contributed by atoms with Crippen molar-refractivity contribution in [1.82, 2.24) is 0 Å². The number of carbonyl (C=O) groups excluding carboxylic acids is 1. The van der Waals surface area contributed by atoms with E-state index in [1.165, 1.54) is 31.1 Å². The maximum atomic E-state index is 14.6. The first-order valence-corrected chi connectivity index (χ1v) is 10.1. The van der Waals surface area contributed by atoms with Crippen LogP contribution in [-0.4, -0.2) is 25.8 Å². The van der Waals surface area contributed by atoms with Crippen LogP contribution in [0.3, 0.4) is 0 Å². The van der Waals surface area contributed by atoms with Gasteiger partial charge in [-0.25, -0.2) is 4.39 Å². The molecule has 3 rings (SSSR count). The third-order valence-corrected chi connectivity index (χ3v) is 6.12. The molecule has 1 aromatic heterocycles. The number of benzene rings is 2. The number of methoxy groups -OCH3 is 2. The topological polar surface area (TPSA) is 35.5 Å². The van der Waals surface area contributed by atoms with Crippen LogP contribution in [0.2, 0.25) is 0 Å². The van der Waals surface area contributed by atoms with Gasteiger partial charge in [0.25, 0.3) is 0 Å². The van der Waals surface area contributed by atoms with E-state index in [1.54, 1.807) is 23.9 Å². The third kappa shape index (κ3) is 4.02. The summed E-state index contributed by atoms with van der Waals surface area (Å²) in [5, 5.41) is 0.396. The number of ether oxygens (including phenoxy) is 2. The lowest BCUT2D eigenvalue weighted by Gasteiger charge is -2.08. The monoisotopic (exact) mass is 390 g/mol. The summed E-state index contributed by atoms with van der Waals surface area (Å²) >= 11 is 3.01. The van der Waals surface area contributed by atoms with Crippen molar-refractivity contribution in [3.63, 3.8) is 0 Å². The third-order valence-electron chi connectivity index (χ3n) is 3.97. The number of thioether (sulfide) groups is 1. The molecule has 0 unspecified atom stereocenters. The van der Waals surface area contributed by atoms with Gasteiger partial charge in [0.1, 0.15) is 0 Å². The standard InChI is InChI=1S/C20H19FO3S2/c1-23-16-11-17-14(19(21)20(16)24-2)10-18(26-17)15(22)8-9-25-12-13-6-4-3-5-7-13/h3-7,10-11H,8-9,12H2,1-2H3. The van der Waals surface area contributed by atoms with E-state index in [-0.39, 0.29) is 11.5 Å². The zero-order valence-electron chi connectivity index (χ0n) is 14.6. The molecule has 0 spiro atoms. The minimum atomic E-state index is -0.490. The van der Waals surface area contributed by atoms with Crippen LogP contribution in [0.1, 0.15) is 21.7 Å². The van der Waals surface area contributed by atoms with Crippen molar-refractivity contribution in [3.8, 4) is 11.5 Å². The molecule has 0 radical (unpaired) electrons. The Morgan fingerprint density at radius 2 is 1.92 bits per heavy atom. The maximum absolute atomic E-state index is 14.6. The first-order chi connectivity index (χ1) is 12.6. The summed E-state index contributed by atoms with van der Waals surface area (Å²) in [4.78, 5) is 13.0. The highest BCUT2D eigenvalue weighted by Crippen LogP contribution is 2.40. The first-order valence-electron chi connectivity index (χ1n) is 8.13. The summed E-state index contributed by atoms with van der Waals surface area (Å²) in [6.45, 7) is 0. The highest BCUT2D eigenvalue weighted by atomic mass is 32.2. The number of ketones is 1. The van der Waals surface area contributed by atoms with Crippen molar-refractivity contribution >= 4 is 39.0 Å². The Morgan fingerprint density at radius 3 is 2.62 bits per heavy atom. The van der Waals surface area contributed by atoms with Crippen molar-refractivity contribution in [2.45, 2.75) is 12.2 Å². The van der Waals surface area contributed by atoms with Gasteiger partial charge in [0, 0.05) is 34.1 Å². The normalized spacial score (nSPS) is 10.9. The number of Topliss-reactive ketones (excluding diaryl/α,β-unsaturated/α-hetero) is 1. The minimum Gasteiger partial charge on any atom is -0.493 e. The van der Waals surface area contributed by atoms with E-state index in [1.807, 2.05) is 18.2 Å². The number of hydrogen-bond acceptors (Lipinski definition) is 5. The van der Waals surface area contributed by atoms with Crippen molar-refractivity contribution in [3.05, 3.63) is 58.7 Å². The van der Waals surface area contributed by atoms with Gasteiger partial charge in [-0.1, -0.05) is 30.3 Å². The van der Waals surface area contributed by atoms with Crippen LogP contribution < -0.4 is 9.47 Å². The second-order valence-electron chi connectivity index (χ2n) is 5.66. The Hall–Kier alpha value is -2.05. The molecule has 0 aliphatic rings. The molecule has 0 amide bonds. The Morgan fingerprint density at radius 1 is 1.15 bits per heavy atom. The van der Waals surface area contributed by atoms with Crippen LogP contribution in [0.5, 0.6) is 11.5 Å². The van der Waals surface area contributed by atoms with Crippen molar-refractivity contribution in [2.75, 3.05) is 20.0 Å². The molecule has 3 aromatic rings. The molecular formula is C20H19FO3S2. The fourth-order valence-corrected chi connectivity index (χ4v) is 4.59. The van der Waals surface area contributed by atoms with Crippen molar-refractivity contribution < 1.29 is 18.7 Å². The number of rotatable bonds is 8. The Labute approximate surface area is 160 Å². The van der Waals surface area contributed by atoms with Gasteiger partial charge in [-0.2, -0.15) is 11.8 Å². The highest BCUT2D eigenvalue weighted by Gasteiger charge is 2.19. The smallest absolute Gasteiger partial charge is 0.197 e. The maximum Gasteiger partial charge on any atom is 0.197 e. The minimum absolute atomic E-state index is 0.0316. The van der Waals surface area contributed by atoms with Crippen LogP contribution in [0, 0.1) is 5.82 Å². The van der Waals surface area contributed by atoms with Crippen LogP contribution >= 0.6 is 23.1 Å². The number of hydrogen-bond donors (Lipinski definition) is 0. The quantitative estimate of drug-likeness (QED) is 0.372. The van der Waals surface area contributed by atoms with Crippen molar-refractivity contribution in [2.24, 2.45) is 0 Å². The molecule has 0 atom stereocenters. The molecule has 0 saturated carbocycles. The number of thiophene rings is 1. The van der Waals surface area contributed by atoms with Crippen LogP contribution in [0.25, 0.3) is 10.1 Å². The van der Waals surface area contributed by atoms with E-state index >= 15 is 0 Å². The number of halogens is 1. The van der Waals surface area contributed by atoms with Gasteiger partial charge in [0.05, 0.1) is 19.1 Å². The summed E-state index contributed by atoms with van der Waals surface area (Å²) in [7, 11) is 2.86. The summed E-state index contributed by atoms with van der Waals surface area (Å²) in [5.41, 5.74) is 1.24. The first kappa shape index (κ1) is 18.7. The predicted molar refractivity (Wildman–Crippen MR) is 106 cm³/mol. The van der Waals surface area contributed by atoms with Crippen LogP contribution in [0.4, 0.5) is 4.39 Å². The predicted octanol–water partition coefficient (Wildman–Crippen LogP) is 5.56. The average Bonchev–Trinajstić information content (AvgIpc) is 3.10. The zero-order chi connectivity index (χ0) is 18.5. The molecule has 0 fully saturated rings. The molecule has 0 N–H and O–H groups in total. The van der Waals surface area contributed by atoms with Crippen LogP contribution in [0.15, 0.2) is 42.5 Å². The summed E-state index contributed by atoms with van der Waals surface area (Å²) < 4.78 is 25.5. The molecule has 6 heteroatoms. The van der Waals surface area contributed by atoms with E-state index < -0.39 is 5.82 Å². The molecule has 136 valence electrons. The van der Waals surface area contributed by atoms with E-state index in [9.17, 15) is 9.18 Å². The zero-order valence-corrected chi connectivity index (χ0v) is 16.2. The largest absolute Gasteiger partial charge is 0.493 e. The Bertz CT molecular complexity index is 906. The fraction of sp³-hybridized carbons (Fsp3) is 0.250. The lowest BCUT2D eigenvalue weighted by Crippen LogP contribution is -1.98. The van der Waals surface area contributed by atoms with Gasteiger partial charge in [-0.3, -0.25) is 4.79 Å². The SMILES string of the molecule is COc1cc2sc(C(=O)CCSCc3ccccc3)cc2c(F)c1OC. The fourth-order valence-electron chi connectivity index (χ4n) is 2.63. The second kappa shape index (κ2) is 8.56. The summed E-state index contributed by atoms with van der Waals surface area (Å²) in [5.74, 6) is 1.55. The highest BCUT2D eigenvalue weighted by molar-refractivity contribution is 7.98. The molecule has 26 heavy (non-hydrogen) atoms. The molecule has 0 bridgehead atoms.